The fourth-order valence-electron chi connectivity index (χ4n) is 2.41. The van der Waals surface area contributed by atoms with Crippen molar-refractivity contribution in [2.45, 2.75) is 30.5 Å². The van der Waals surface area contributed by atoms with E-state index in [9.17, 15) is 4.79 Å². The lowest BCUT2D eigenvalue weighted by Gasteiger charge is -2.04. The molecule has 0 fully saturated rings. The molecule has 3 rings (SSSR count). The Balaban J connectivity index is 1.52. The predicted molar refractivity (Wildman–Crippen MR) is 110 cm³/mol. The Morgan fingerprint density at radius 2 is 2.08 bits per heavy atom. The third-order valence-corrected chi connectivity index (χ3v) is 5.86. The average Bonchev–Trinajstić information content (AvgIpc) is 3.06. The number of benzene rings is 2. The fraction of sp³-hybridized carbons (Fsp3) is 0.300. The van der Waals surface area contributed by atoms with Gasteiger partial charge in [0.05, 0.1) is 16.8 Å². The molecule has 136 valence electrons. The second-order valence-electron chi connectivity index (χ2n) is 5.82. The number of carbonyl (C=O) groups excluding carboxylic acids is 1. The van der Waals surface area contributed by atoms with Gasteiger partial charge in [0.2, 0.25) is 5.91 Å². The van der Waals surface area contributed by atoms with Crippen molar-refractivity contribution in [3.8, 4) is 5.75 Å². The minimum Gasteiger partial charge on any atom is -0.493 e. The minimum absolute atomic E-state index is 0.0726. The first-order valence-electron chi connectivity index (χ1n) is 8.75. The van der Waals surface area contributed by atoms with E-state index in [0.717, 1.165) is 44.6 Å². The molecule has 1 aromatic heterocycles. The van der Waals surface area contributed by atoms with Crippen LogP contribution in [0.4, 0.5) is 5.69 Å². The van der Waals surface area contributed by atoms with Gasteiger partial charge < -0.3 is 10.1 Å². The Labute approximate surface area is 162 Å². The molecule has 0 saturated heterocycles. The summed E-state index contributed by atoms with van der Waals surface area (Å²) in [6.07, 6.45) is 2.51. The van der Waals surface area contributed by atoms with Gasteiger partial charge in [-0.15, -0.1) is 11.3 Å². The highest BCUT2D eigenvalue weighted by Crippen LogP contribution is 2.31. The van der Waals surface area contributed by atoms with E-state index in [1.807, 2.05) is 48.5 Å². The van der Waals surface area contributed by atoms with E-state index in [4.69, 9.17) is 4.74 Å². The number of unbranched alkanes of at least 4 members (excludes halogenated alkanes) is 1. The van der Waals surface area contributed by atoms with Crippen molar-refractivity contribution in [3.05, 3.63) is 48.5 Å². The summed E-state index contributed by atoms with van der Waals surface area (Å²) in [4.78, 5) is 16.5. The van der Waals surface area contributed by atoms with Crippen molar-refractivity contribution in [2.75, 3.05) is 17.7 Å². The standard InChI is InChI=1S/C20H22N2O2S2/c1-2-3-9-19(23)21-15-10-11-17-18(14-15)26-20(22-17)25-13-12-24-16-7-5-4-6-8-16/h4-8,10-11,14H,2-3,9,12-13H2,1H3,(H,21,23). The van der Waals surface area contributed by atoms with Crippen molar-refractivity contribution in [1.82, 2.24) is 4.98 Å². The molecule has 0 aliphatic carbocycles. The van der Waals surface area contributed by atoms with Gasteiger partial charge in [-0.25, -0.2) is 4.98 Å². The summed E-state index contributed by atoms with van der Waals surface area (Å²) < 4.78 is 7.81. The van der Waals surface area contributed by atoms with E-state index < -0.39 is 0 Å². The molecule has 4 nitrogen and oxygen atoms in total. The zero-order valence-electron chi connectivity index (χ0n) is 14.7. The zero-order chi connectivity index (χ0) is 18.2. The normalized spacial score (nSPS) is 10.8. The number of nitrogens with zero attached hydrogens (tertiary/aromatic N) is 1. The quantitative estimate of drug-likeness (QED) is 0.384. The Morgan fingerprint density at radius 3 is 2.88 bits per heavy atom. The van der Waals surface area contributed by atoms with Gasteiger partial charge in [-0.3, -0.25) is 4.79 Å². The molecule has 1 N–H and O–H groups in total. The smallest absolute Gasteiger partial charge is 0.224 e. The van der Waals surface area contributed by atoms with Crippen LogP contribution in [0, 0.1) is 0 Å². The zero-order valence-corrected chi connectivity index (χ0v) is 16.4. The molecule has 0 saturated carbocycles. The highest BCUT2D eigenvalue weighted by molar-refractivity contribution is 8.01. The van der Waals surface area contributed by atoms with Crippen LogP contribution in [0.25, 0.3) is 10.2 Å². The number of hydrogen-bond acceptors (Lipinski definition) is 5. The molecule has 0 aliphatic rings. The number of amides is 1. The van der Waals surface area contributed by atoms with Gasteiger partial charge in [0.25, 0.3) is 0 Å². The summed E-state index contributed by atoms with van der Waals surface area (Å²) in [5, 5.41) is 2.96. The molecule has 26 heavy (non-hydrogen) atoms. The Bertz CT molecular complexity index is 849. The molecule has 0 spiro atoms. The second-order valence-corrected chi connectivity index (χ2v) is 8.20. The summed E-state index contributed by atoms with van der Waals surface area (Å²) in [5.74, 6) is 1.80. The maximum atomic E-state index is 11.9. The van der Waals surface area contributed by atoms with E-state index >= 15 is 0 Å². The predicted octanol–water partition coefficient (Wildman–Crippen LogP) is 5.60. The van der Waals surface area contributed by atoms with Crippen LogP contribution < -0.4 is 10.1 Å². The molecule has 0 atom stereocenters. The number of rotatable bonds is 9. The number of anilines is 1. The Hall–Kier alpha value is -2.05. The van der Waals surface area contributed by atoms with Gasteiger partial charge in [-0.05, 0) is 36.8 Å². The molecule has 1 amide bonds. The van der Waals surface area contributed by atoms with Gasteiger partial charge in [-0.1, -0.05) is 43.3 Å². The Morgan fingerprint density at radius 1 is 1.23 bits per heavy atom. The maximum absolute atomic E-state index is 11.9. The lowest BCUT2D eigenvalue weighted by Crippen LogP contribution is -2.10. The topological polar surface area (TPSA) is 51.2 Å². The molecule has 6 heteroatoms. The van der Waals surface area contributed by atoms with Crippen molar-refractivity contribution in [2.24, 2.45) is 0 Å². The van der Waals surface area contributed by atoms with Crippen LogP contribution in [-0.2, 0) is 4.79 Å². The number of thiazole rings is 1. The van der Waals surface area contributed by atoms with Gasteiger partial charge in [0.15, 0.2) is 4.34 Å². The first kappa shape index (κ1) is 18.7. The summed E-state index contributed by atoms with van der Waals surface area (Å²) in [5.41, 5.74) is 1.80. The second kappa shape index (κ2) is 9.59. The monoisotopic (exact) mass is 386 g/mol. The van der Waals surface area contributed by atoms with Crippen LogP contribution in [0.1, 0.15) is 26.2 Å². The van der Waals surface area contributed by atoms with Crippen LogP contribution in [0.15, 0.2) is 52.9 Å². The van der Waals surface area contributed by atoms with E-state index in [-0.39, 0.29) is 5.91 Å². The molecule has 2 aromatic carbocycles. The lowest BCUT2D eigenvalue weighted by molar-refractivity contribution is -0.116. The number of para-hydroxylation sites is 1. The molecular weight excluding hydrogens is 364 g/mol. The summed E-state index contributed by atoms with van der Waals surface area (Å²) in [6, 6.07) is 15.7. The van der Waals surface area contributed by atoms with Crippen molar-refractivity contribution >= 4 is 44.9 Å². The van der Waals surface area contributed by atoms with Crippen molar-refractivity contribution < 1.29 is 9.53 Å². The lowest BCUT2D eigenvalue weighted by atomic mass is 10.2. The molecule has 1 heterocycles. The summed E-state index contributed by atoms with van der Waals surface area (Å²) in [6.45, 7) is 2.73. The van der Waals surface area contributed by atoms with Crippen LogP contribution in [-0.4, -0.2) is 23.3 Å². The van der Waals surface area contributed by atoms with Gasteiger partial charge >= 0.3 is 0 Å². The largest absolute Gasteiger partial charge is 0.493 e. The molecule has 0 radical (unpaired) electrons. The minimum atomic E-state index is 0.0726. The molecular formula is C20H22N2O2S2. The van der Waals surface area contributed by atoms with E-state index in [0.29, 0.717) is 13.0 Å². The van der Waals surface area contributed by atoms with E-state index in [1.165, 1.54) is 0 Å². The molecule has 0 bridgehead atoms. The van der Waals surface area contributed by atoms with Crippen molar-refractivity contribution in [1.29, 1.82) is 0 Å². The average molecular weight is 387 g/mol. The van der Waals surface area contributed by atoms with E-state index in [1.54, 1.807) is 23.1 Å². The number of hydrogen-bond donors (Lipinski definition) is 1. The maximum Gasteiger partial charge on any atom is 0.224 e. The number of fused-ring (bicyclic) bond motifs is 1. The van der Waals surface area contributed by atoms with Crippen LogP contribution in [0.2, 0.25) is 0 Å². The van der Waals surface area contributed by atoms with Gasteiger partial charge in [0, 0.05) is 17.9 Å². The number of carbonyl (C=O) groups is 1. The van der Waals surface area contributed by atoms with Crippen LogP contribution >= 0.6 is 23.1 Å². The van der Waals surface area contributed by atoms with E-state index in [2.05, 4.69) is 17.2 Å². The SMILES string of the molecule is CCCCC(=O)Nc1ccc2nc(SCCOc3ccccc3)sc2c1. The number of nitrogens with one attached hydrogen (secondary N) is 1. The number of thioether (sulfide) groups is 1. The summed E-state index contributed by atoms with van der Waals surface area (Å²) in [7, 11) is 0. The first-order valence-corrected chi connectivity index (χ1v) is 10.6. The molecule has 3 aromatic rings. The van der Waals surface area contributed by atoms with Crippen LogP contribution in [0.5, 0.6) is 5.75 Å². The highest BCUT2D eigenvalue weighted by atomic mass is 32.2. The van der Waals surface area contributed by atoms with Gasteiger partial charge in [0.1, 0.15) is 5.75 Å². The van der Waals surface area contributed by atoms with Gasteiger partial charge in [-0.2, -0.15) is 0 Å². The molecule has 0 aliphatic heterocycles. The third-order valence-electron chi connectivity index (χ3n) is 3.73. The Kier molecular flexibility index (Phi) is 6.91. The highest BCUT2D eigenvalue weighted by Gasteiger charge is 2.07. The number of aromatic nitrogens is 1. The first-order chi connectivity index (χ1) is 12.7. The van der Waals surface area contributed by atoms with Crippen molar-refractivity contribution in [3.63, 3.8) is 0 Å². The molecule has 0 unspecified atom stereocenters. The summed E-state index contributed by atoms with van der Waals surface area (Å²) >= 11 is 3.34. The fourth-order valence-corrected chi connectivity index (χ4v) is 4.40. The number of ether oxygens (including phenoxy) is 1. The van der Waals surface area contributed by atoms with Crippen LogP contribution in [0.3, 0.4) is 0 Å². The third kappa shape index (κ3) is 5.47.